The molecule has 1 N–H and O–H groups in total. The van der Waals surface area contributed by atoms with Gasteiger partial charge < -0.3 is 9.88 Å². The van der Waals surface area contributed by atoms with Crippen LogP contribution in [0.5, 0.6) is 0 Å². The van der Waals surface area contributed by atoms with Gasteiger partial charge in [0, 0.05) is 28.7 Å². The highest BCUT2D eigenvalue weighted by molar-refractivity contribution is 6.09. The number of benzene rings is 2. The molecule has 2 aromatic carbocycles. The van der Waals surface area contributed by atoms with E-state index in [-0.39, 0.29) is 11.3 Å². The van der Waals surface area contributed by atoms with E-state index in [1.807, 2.05) is 61.7 Å². The molecule has 0 aliphatic heterocycles. The second-order valence-electron chi connectivity index (χ2n) is 7.38. The van der Waals surface area contributed by atoms with Crippen LogP contribution in [0.4, 0.5) is 11.4 Å². The van der Waals surface area contributed by atoms with Gasteiger partial charge in [-0.25, -0.2) is 0 Å². The molecule has 3 rings (SSSR count). The molecule has 0 aliphatic carbocycles. The van der Waals surface area contributed by atoms with Crippen LogP contribution >= 0.6 is 0 Å². The predicted molar refractivity (Wildman–Crippen MR) is 120 cm³/mol. The van der Waals surface area contributed by atoms with Crippen LogP contribution in [0.15, 0.2) is 54.1 Å². The normalized spacial score (nSPS) is 11.1. The minimum atomic E-state index is -0.496. The Morgan fingerprint density at radius 3 is 2.52 bits per heavy atom. The molecule has 0 fully saturated rings. The Hall–Kier alpha value is -4.18. The zero-order valence-corrected chi connectivity index (χ0v) is 17.8. The van der Waals surface area contributed by atoms with Crippen LogP contribution in [0, 0.1) is 49.1 Å². The van der Waals surface area contributed by atoms with Crippen molar-refractivity contribution in [1.29, 1.82) is 5.26 Å². The number of hydrogen-bond acceptors (Lipinski definition) is 4. The van der Waals surface area contributed by atoms with E-state index < -0.39 is 10.8 Å². The number of amides is 1. The highest BCUT2D eigenvalue weighted by Crippen LogP contribution is 2.27. The summed E-state index contributed by atoms with van der Waals surface area (Å²) < 4.78 is 1.87. The average Bonchev–Trinajstić information content (AvgIpc) is 2.99. The van der Waals surface area contributed by atoms with Gasteiger partial charge in [0.2, 0.25) is 0 Å². The molecule has 3 aromatic rings. The Morgan fingerprint density at radius 1 is 1.13 bits per heavy atom. The fourth-order valence-electron chi connectivity index (χ4n) is 3.49. The SMILES string of the molecule is Cc1cccc(NC(=O)C(C#N)=Cc2cc(C)n(-c3ccc(C)c([N+](=O)[O-])c3)c2C)c1. The second-order valence-corrected chi connectivity index (χ2v) is 7.38. The molecule has 7 heteroatoms. The van der Waals surface area contributed by atoms with Crippen molar-refractivity contribution in [2.24, 2.45) is 0 Å². The van der Waals surface area contributed by atoms with Crippen molar-refractivity contribution in [3.63, 3.8) is 0 Å². The first-order valence-corrected chi connectivity index (χ1v) is 9.65. The predicted octanol–water partition coefficient (Wildman–Crippen LogP) is 5.16. The lowest BCUT2D eigenvalue weighted by Gasteiger charge is -2.10. The molecule has 0 radical (unpaired) electrons. The fraction of sp³-hybridized carbons (Fsp3) is 0.167. The van der Waals surface area contributed by atoms with Gasteiger partial charge in [0.25, 0.3) is 11.6 Å². The second kappa shape index (κ2) is 8.67. The zero-order chi connectivity index (χ0) is 22.7. The van der Waals surface area contributed by atoms with Crippen LogP contribution in [0.1, 0.15) is 28.1 Å². The van der Waals surface area contributed by atoms with Crippen LogP contribution in [-0.4, -0.2) is 15.4 Å². The average molecular weight is 414 g/mol. The maximum atomic E-state index is 12.6. The number of aromatic nitrogens is 1. The maximum absolute atomic E-state index is 12.6. The largest absolute Gasteiger partial charge is 0.321 e. The summed E-state index contributed by atoms with van der Waals surface area (Å²) in [5, 5.41) is 23.6. The molecule has 0 unspecified atom stereocenters. The lowest BCUT2D eigenvalue weighted by atomic mass is 10.1. The van der Waals surface area contributed by atoms with Gasteiger partial charge >= 0.3 is 0 Å². The van der Waals surface area contributed by atoms with Crippen molar-refractivity contribution in [3.05, 3.63) is 92.3 Å². The minimum absolute atomic E-state index is 0.0309. The molecule has 1 aromatic heterocycles. The van der Waals surface area contributed by atoms with Gasteiger partial charge in [0.05, 0.1) is 10.6 Å². The van der Waals surface area contributed by atoms with Crippen molar-refractivity contribution in [1.82, 2.24) is 4.57 Å². The Bertz CT molecular complexity index is 1260. The Balaban J connectivity index is 1.98. The van der Waals surface area contributed by atoms with E-state index in [0.29, 0.717) is 22.5 Å². The molecule has 7 nitrogen and oxygen atoms in total. The Morgan fingerprint density at radius 2 is 1.87 bits per heavy atom. The molecule has 1 heterocycles. The minimum Gasteiger partial charge on any atom is -0.321 e. The van der Waals surface area contributed by atoms with E-state index in [1.165, 1.54) is 12.1 Å². The van der Waals surface area contributed by atoms with Gasteiger partial charge in [-0.05, 0) is 69.2 Å². The van der Waals surface area contributed by atoms with E-state index in [2.05, 4.69) is 5.32 Å². The van der Waals surface area contributed by atoms with Crippen LogP contribution < -0.4 is 5.32 Å². The molecule has 0 bridgehead atoms. The van der Waals surface area contributed by atoms with Crippen molar-refractivity contribution < 1.29 is 9.72 Å². The number of nitriles is 1. The number of anilines is 1. The van der Waals surface area contributed by atoms with Gasteiger partial charge in [-0.15, -0.1) is 0 Å². The van der Waals surface area contributed by atoms with E-state index in [4.69, 9.17) is 0 Å². The van der Waals surface area contributed by atoms with Gasteiger partial charge in [0.15, 0.2) is 0 Å². The van der Waals surface area contributed by atoms with Crippen LogP contribution in [-0.2, 0) is 4.79 Å². The first-order valence-electron chi connectivity index (χ1n) is 9.65. The van der Waals surface area contributed by atoms with Crippen LogP contribution in [0.2, 0.25) is 0 Å². The van der Waals surface area contributed by atoms with Crippen molar-refractivity contribution in [2.45, 2.75) is 27.7 Å². The van der Waals surface area contributed by atoms with Crippen molar-refractivity contribution >= 4 is 23.4 Å². The molecule has 0 aliphatic rings. The summed E-state index contributed by atoms with van der Waals surface area (Å²) in [6, 6.07) is 16.2. The number of nitro groups is 1. The molecular weight excluding hydrogens is 392 g/mol. The third-order valence-corrected chi connectivity index (χ3v) is 5.06. The number of hydrogen-bond donors (Lipinski definition) is 1. The molecule has 31 heavy (non-hydrogen) atoms. The third-order valence-electron chi connectivity index (χ3n) is 5.06. The first kappa shape index (κ1) is 21.5. The van der Waals surface area contributed by atoms with E-state index in [1.54, 1.807) is 19.1 Å². The summed E-state index contributed by atoms with van der Waals surface area (Å²) in [5.41, 5.74) is 5.14. The maximum Gasteiger partial charge on any atom is 0.274 e. The van der Waals surface area contributed by atoms with Crippen molar-refractivity contribution in [3.8, 4) is 11.8 Å². The highest BCUT2D eigenvalue weighted by Gasteiger charge is 2.17. The Kier molecular flexibility index (Phi) is 6.02. The monoisotopic (exact) mass is 414 g/mol. The fourth-order valence-corrected chi connectivity index (χ4v) is 3.49. The molecule has 1 amide bonds. The number of nitrogens with zero attached hydrogens (tertiary/aromatic N) is 3. The summed E-state index contributed by atoms with van der Waals surface area (Å²) >= 11 is 0. The smallest absolute Gasteiger partial charge is 0.274 e. The summed E-state index contributed by atoms with van der Waals surface area (Å²) in [6.07, 6.45) is 1.53. The summed E-state index contributed by atoms with van der Waals surface area (Å²) in [7, 11) is 0. The molecular formula is C24H22N4O3. The molecule has 0 spiro atoms. The van der Waals surface area contributed by atoms with Crippen molar-refractivity contribution in [2.75, 3.05) is 5.32 Å². The topological polar surface area (TPSA) is 101 Å². The standard InChI is InChI=1S/C24H22N4O3/c1-15-6-5-7-21(10-15)26-24(29)20(14-25)12-19-11-17(3)27(18(19)4)22-9-8-16(2)23(13-22)28(30)31/h5-13H,1-4H3,(H,26,29). The summed E-state index contributed by atoms with van der Waals surface area (Å²) in [6.45, 7) is 7.32. The molecule has 0 saturated carbocycles. The number of aryl methyl sites for hydroxylation is 3. The number of nitrogens with one attached hydrogen (secondary N) is 1. The number of carbonyl (C=O) groups is 1. The van der Waals surface area contributed by atoms with Gasteiger partial charge in [-0.3, -0.25) is 14.9 Å². The van der Waals surface area contributed by atoms with E-state index >= 15 is 0 Å². The summed E-state index contributed by atoms with van der Waals surface area (Å²) in [5.74, 6) is -0.496. The van der Waals surface area contributed by atoms with Crippen LogP contribution in [0.3, 0.4) is 0 Å². The summed E-state index contributed by atoms with van der Waals surface area (Å²) in [4.78, 5) is 23.5. The number of rotatable bonds is 5. The van der Waals surface area contributed by atoms with E-state index in [9.17, 15) is 20.2 Å². The zero-order valence-electron chi connectivity index (χ0n) is 17.8. The molecule has 156 valence electrons. The molecule has 0 atom stereocenters. The third kappa shape index (κ3) is 4.54. The first-order chi connectivity index (χ1) is 14.7. The lowest BCUT2D eigenvalue weighted by molar-refractivity contribution is -0.385. The van der Waals surface area contributed by atoms with Crippen LogP contribution in [0.25, 0.3) is 11.8 Å². The van der Waals surface area contributed by atoms with Gasteiger partial charge in [0.1, 0.15) is 11.6 Å². The molecule has 0 saturated heterocycles. The lowest BCUT2D eigenvalue weighted by Crippen LogP contribution is -2.13. The van der Waals surface area contributed by atoms with Gasteiger partial charge in [-0.1, -0.05) is 18.2 Å². The number of carbonyl (C=O) groups excluding carboxylic acids is 1. The van der Waals surface area contributed by atoms with E-state index in [0.717, 1.165) is 17.0 Å². The Labute approximate surface area is 180 Å². The highest BCUT2D eigenvalue weighted by atomic mass is 16.6. The van der Waals surface area contributed by atoms with Gasteiger partial charge in [-0.2, -0.15) is 5.26 Å². The quantitative estimate of drug-likeness (QED) is 0.269. The number of nitro benzene ring substituents is 1.